The first-order valence-corrected chi connectivity index (χ1v) is 6.78. The molecule has 0 unspecified atom stereocenters. The van der Waals surface area contributed by atoms with E-state index in [0.29, 0.717) is 0 Å². The molecule has 1 aromatic rings. The minimum Gasteiger partial charge on any atom is -0.484 e. The summed E-state index contributed by atoms with van der Waals surface area (Å²) in [6.07, 6.45) is 5.95. The Morgan fingerprint density at radius 3 is 2.63 bits per heavy atom. The zero-order valence-corrected chi connectivity index (χ0v) is 11.1. The number of carbonyl (C=O) groups is 1. The van der Waals surface area contributed by atoms with Crippen LogP contribution in [0.1, 0.15) is 55.8 Å². The van der Waals surface area contributed by atoms with Crippen molar-refractivity contribution in [3.8, 4) is 5.75 Å². The molecule has 0 heterocycles. The Kier molecular flexibility index (Phi) is 4.08. The second-order valence-electron chi connectivity index (χ2n) is 5.15. The summed E-state index contributed by atoms with van der Waals surface area (Å²) in [6, 6.07) is 3.69. The molecule has 0 atom stereocenters. The van der Waals surface area contributed by atoms with E-state index < -0.39 is 11.8 Å². The molecule has 0 amide bonds. The summed E-state index contributed by atoms with van der Waals surface area (Å²) in [6.45, 7) is 2.03. The van der Waals surface area contributed by atoms with Crippen molar-refractivity contribution in [3.63, 3.8) is 0 Å². The number of hydrogen-bond donors (Lipinski definition) is 1. The van der Waals surface area contributed by atoms with Crippen LogP contribution in [0.2, 0.25) is 0 Å². The van der Waals surface area contributed by atoms with Gasteiger partial charge in [0, 0.05) is 0 Å². The van der Waals surface area contributed by atoms with Crippen molar-refractivity contribution in [3.05, 3.63) is 29.6 Å². The second kappa shape index (κ2) is 5.59. The summed E-state index contributed by atoms with van der Waals surface area (Å²) in [5.74, 6) is -1.51. The van der Waals surface area contributed by atoms with Crippen LogP contribution in [0.25, 0.3) is 0 Å². The number of hydrogen-bond acceptors (Lipinski definition) is 2. The van der Waals surface area contributed by atoms with Crippen LogP contribution in [0, 0.1) is 5.82 Å². The second-order valence-corrected chi connectivity index (χ2v) is 5.15. The smallest absolute Gasteiger partial charge is 0.335 e. The zero-order valence-electron chi connectivity index (χ0n) is 11.1. The Morgan fingerprint density at radius 2 is 2.05 bits per heavy atom. The molecular weight excluding hydrogens is 247 g/mol. The van der Waals surface area contributed by atoms with E-state index in [9.17, 15) is 9.18 Å². The molecule has 3 nitrogen and oxygen atoms in total. The number of ether oxygens (including phenoxy) is 1. The fraction of sp³-hybridized carbons (Fsp3) is 0.533. The molecule has 0 radical (unpaired) electrons. The van der Waals surface area contributed by atoms with Gasteiger partial charge in [0.1, 0.15) is 5.60 Å². The van der Waals surface area contributed by atoms with E-state index in [1.165, 1.54) is 18.6 Å². The van der Waals surface area contributed by atoms with Crippen molar-refractivity contribution in [1.29, 1.82) is 0 Å². The predicted octanol–water partition coefficient (Wildman–Crippen LogP) is 4.02. The summed E-state index contributed by atoms with van der Waals surface area (Å²) in [4.78, 5) is 10.9. The van der Waals surface area contributed by atoms with Gasteiger partial charge in [-0.2, -0.15) is 0 Å². The lowest BCUT2D eigenvalue weighted by molar-refractivity contribution is 0.0228. The monoisotopic (exact) mass is 266 g/mol. The van der Waals surface area contributed by atoms with Crippen molar-refractivity contribution in [2.24, 2.45) is 0 Å². The van der Waals surface area contributed by atoms with Crippen LogP contribution in [-0.4, -0.2) is 16.7 Å². The van der Waals surface area contributed by atoms with Crippen LogP contribution >= 0.6 is 0 Å². The van der Waals surface area contributed by atoms with E-state index >= 15 is 0 Å². The van der Waals surface area contributed by atoms with E-state index in [2.05, 4.69) is 0 Å². The van der Waals surface area contributed by atoms with Crippen molar-refractivity contribution in [2.45, 2.75) is 51.0 Å². The highest BCUT2D eigenvalue weighted by molar-refractivity contribution is 5.88. The van der Waals surface area contributed by atoms with Crippen LogP contribution in [0.15, 0.2) is 18.2 Å². The highest BCUT2D eigenvalue weighted by atomic mass is 19.1. The predicted molar refractivity (Wildman–Crippen MR) is 70.1 cm³/mol. The Hall–Kier alpha value is -1.58. The van der Waals surface area contributed by atoms with Gasteiger partial charge in [0.15, 0.2) is 11.6 Å². The topological polar surface area (TPSA) is 46.5 Å². The summed E-state index contributed by atoms with van der Waals surface area (Å²) in [5.41, 5.74) is -0.283. The van der Waals surface area contributed by atoms with Crippen molar-refractivity contribution >= 4 is 5.97 Å². The molecule has 4 heteroatoms. The number of carboxylic acid groups (broad SMARTS) is 1. The van der Waals surface area contributed by atoms with Gasteiger partial charge in [-0.05, 0) is 50.3 Å². The molecule has 0 aliphatic heterocycles. The lowest BCUT2D eigenvalue weighted by Gasteiger charge is -2.37. The molecule has 104 valence electrons. The maximum atomic E-state index is 13.8. The minimum atomic E-state index is -1.07. The van der Waals surface area contributed by atoms with Gasteiger partial charge < -0.3 is 9.84 Å². The van der Waals surface area contributed by atoms with Crippen molar-refractivity contribution in [2.75, 3.05) is 0 Å². The zero-order chi connectivity index (χ0) is 13.9. The van der Waals surface area contributed by atoms with Gasteiger partial charge in [-0.15, -0.1) is 0 Å². The van der Waals surface area contributed by atoms with E-state index in [4.69, 9.17) is 9.84 Å². The van der Waals surface area contributed by atoms with Gasteiger partial charge in [-0.25, -0.2) is 9.18 Å². The maximum Gasteiger partial charge on any atom is 0.335 e. The average molecular weight is 266 g/mol. The van der Waals surface area contributed by atoms with Crippen molar-refractivity contribution < 1.29 is 19.0 Å². The summed E-state index contributed by atoms with van der Waals surface area (Å²) < 4.78 is 19.7. The summed E-state index contributed by atoms with van der Waals surface area (Å²) in [7, 11) is 0. The van der Waals surface area contributed by atoms with Crippen LogP contribution in [-0.2, 0) is 0 Å². The Labute approximate surface area is 112 Å². The van der Waals surface area contributed by atoms with Crippen LogP contribution in [0.3, 0.4) is 0 Å². The van der Waals surface area contributed by atoms with Crippen LogP contribution in [0.5, 0.6) is 5.75 Å². The molecule has 1 fully saturated rings. The maximum absolute atomic E-state index is 13.8. The first-order valence-electron chi connectivity index (χ1n) is 6.78. The highest BCUT2D eigenvalue weighted by Gasteiger charge is 2.33. The fourth-order valence-corrected chi connectivity index (χ4v) is 2.67. The third-order valence-corrected chi connectivity index (χ3v) is 3.91. The number of carboxylic acids is 1. The van der Waals surface area contributed by atoms with E-state index in [1.807, 2.05) is 6.92 Å². The molecule has 0 spiro atoms. The molecule has 19 heavy (non-hydrogen) atoms. The minimum absolute atomic E-state index is 0.0541. The van der Waals surface area contributed by atoms with E-state index in [1.54, 1.807) is 0 Å². The van der Waals surface area contributed by atoms with E-state index in [0.717, 1.165) is 38.2 Å². The highest BCUT2D eigenvalue weighted by Crippen LogP contribution is 2.36. The van der Waals surface area contributed by atoms with Crippen LogP contribution < -0.4 is 4.74 Å². The van der Waals surface area contributed by atoms with Gasteiger partial charge in [-0.3, -0.25) is 0 Å². The van der Waals surface area contributed by atoms with Crippen molar-refractivity contribution in [1.82, 2.24) is 0 Å². The molecule has 0 aromatic heterocycles. The fourth-order valence-electron chi connectivity index (χ4n) is 2.67. The lowest BCUT2D eigenvalue weighted by Crippen LogP contribution is -2.37. The molecule has 1 aliphatic rings. The number of aromatic carboxylic acids is 1. The first kappa shape index (κ1) is 13.8. The molecule has 1 saturated carbocycles. The van der Waals surface area contributed by atoms with Crippen LogP contribution in [0.4, 0.5) is 4.39 Å². The third kappa shape index (κ3) is 3.06. The van der Waals surface area contributed by atoms with Gasteiger partial charge in [0.25, 0.3) is 0 Å². The number of halogens is 1. The molecule has 1 aliphatic carbocycles. The quantitative estimate of drug-likeness (QED) is 0.895. The molecule has 0 saturated heterocycles. The normalized spacial score (nSPS) is 18.0. The summed E-state index contributed by atoms with van der Waals surface area (Å²) >= 11 is 0. The average Bonchev–Trinajstić information content (AvgIpc) is 2.42. The number of rotatable bonds is 4. The number of benzene rings is 1. The van der Waals surface area contributed by atoms with Gasteiger partial charge in [-0.1, -0.05) is 13.3 Å². The molecule has 1 aromatic carbocycles. The van der Waals surface area contributed by atoms with Gasteiger partial charge in [0.2, 0.25) is 0 Å². The summed E-state index contributed by atoms with van der Waals surface area (Å²) in [5, 5.41) is 8.95. The molecule has 1 N–H and O–H groups in total. The third-order valence-electron chi connectivity index (χ3n) is 3.91. The SMILES string of the molecule is CCC1(Oc2cc(C(=O)O)ccc2F)CCCCC1. The largest absolute Gasteiger partial charge is 0.484 e. The molecular formula is C15H19FO3. The van der Waals surface area contributed by atoms with Gasteiger partial charge in [0.05, 0.1) is 5.56 Å². The standard InChI is InChI=1S/C15H19FO3/c1-2-15(8-4-3-5-9-15)19-13-10-11(14(17)18)6-7-12(13)16/h6-7,10H,2-5,8-9H2,1H3,(H,17,18). The Morgan fingerprint density at radius 1 is 1.37 bits per heavy atom. The Balaban J connectivity index is 2.25. The first-order chi connectivity index (χ1) is 9.06. The lowest BCUT2D eigenvalue weighted by atomic mass is 9.82. The van der Waals surface area contributed by atoms with Gasteiger partial charge >= 0.3 is 5.97 Å². The molecule has 2 rings (SSSR count). The molecule has 0 bridgehead atoms. The Bertz CT molecular complexity index is 464. The van der Waals surface area contributed by atoms with E-state index in [-0.39, 0.29) is 16.9 Å².